The highest BCUT2D eigenvalue weighted by Crippen LogP contribution is 2.27. The highest BCUT2D eigenvalue weighted by Gasteiger charge is 2.21. The number of methoxy groups -OCH3 is 1. The number of carbonyl (C=O) groups is 3. The molecule has 1 atom stereocenters. The third-order valence-corrected chi connectivity index (χ3v) is 5.20. The van der Waals surface area contributed by atoms with Crippen LogP contribution in [0, 0.1) is 13.8 Å². The van der Waals surface area contributed by atoms with Gasteiger partial charge in [-0.1, -0.05) is 29.8 Å². The number of hydrogen-bond acceptors (Lipinski definition) is 6. The average Bonchev–Trinajstić information content (AvgIpc) is 2.67. The van der Waals surface area contributed by atoms with E-state index in [-0.39, 0.29) is 0 Å². The Morgan fingerprint density at radius 2 is 1.86 bits per heavy atom. The largest absolute Gasteiger partial charge is 0.453 e. The lowest BCUT2D eigenvalue weighted by molar-refractivity contribution is -0.128. The van der Waals surface area contributed by atoms with Gasteiger partial charge >= 0.3 is 12.1 Å². The molecule has 28 heavy (non-hydrogen) atoms. The normalized spacial score (nSPS) is 11.4. The van der Waals surface area contributed by atoms with Crippen molar-refractivity contribution in [2.45, 2.75) is 37.5 Å². The third-order valence-electron chi connectivity index (χ3n) is 3.95. The Morgan fingerprint density at radius 3 is 2.54 bits per heavy atom. The SMILES string of the molecule is COC(=O)NC(=O)[C@H](C)OC(=O)c1cccc(CSc2ccc(C)cc2C)c1. The predicted octanol–water partition coefficient (Wildman–Crippen LogP) is 4.02. The van der Waals surface area contributed by atoms with Gasteiger partial charge in [-0.25, -0.2) is 9.59 Å². The van der Waals surface area contributed by atoms with Gasteiger partial charge in [0.25, 0.3) is 5.91 Å². The van der Waals surface area contributed by atoms with Crippen molar-refractivity contribution in [2.24, 2.45) is 0 Å². The second-order valence-corrected chi connectivity index (χ2v) is 7.30. The Kier molecular flexibility index (Phi) is 7.63. The minimum atomic E-state index is -1.13. The van der Waals surface area contributed by atoms with Crippen molar-refractivity contribution in [2.75, 3.05) is 7.11 Å². The van der Waals surface area contributed by atoms with E-state index < -0.39 is 24.1 Å². The standard InChI is InChI=1S/C21H23NO5S/c1-13-8-9-18(14(2)10-13)28-12-16-6-5-7-17(11-16)20(24)27-15(3)19(23)22-21(25)26-4/h5-11,15H,12H2,1-4H3,(H,22,23,25)/t15-/m0/s1. The molecule has 0 saturated heterocycles. The predicted molar refractivity (Wildman–Crippen MR) is 107 cm³/mol. The zero-order valence-corrected chi connectivity index (χ0v) is 17.1. The molecule has 0 bridgehead atoms. The first-order valence-electron chi connectivity index (χ1n) is 8.69. The molecule has 0 aliphatic carbocycles. The van der Waals surface area contributed by atoms with Crippen LogP contribution in [-0.2, 0) is 20.0 Å². The summed E-state index contributed by atoms with van der Waals surface area (Å²) in [6, 6.07) is 13.4. The molecule has 0 heterocycles. The van der Waals surface area contributed by atoms with E-state index in [2.05, 4.69) is 36.8 Å². The fourth-order valence-electron chi connectivity index (χ4n) is 2.45. The molecule has 0 aliphatic heterocycles. The van der Waals surface area contributed by atoms with Crippen LogP contribution in [0.5, 0.6) is 0 Å². The molecule has 7 heteroatoms. The van der Waals surface area contributed by atoms with Crippen LogP contribution in [0.25, 0.3) is 0 Å². The van der Waals surface area contributed by atoms with Gasteiger partial charge in [0.05, 0.1) is 12.7 Å². The summed E-state index contributed by atoms with van der Waals surface area (Å²) in [7, 11) is 1.14. The first-order valence-corrected chi connectivity index (χ1v) is 9.67. The monoisotopic (exact) mass is 401 g/mol. The molecule has 0 fully saturated rings. The van der Waals surface area contributed by atoms with Crippen molar-refractivity contribution in [1.82, 2.24) is 5.32 Å². The van der Waals surface area contributed by atoms with Crippen LogP contribution in [0.1, 0.15) is 34.0 Å². The van der Waals surface area contributed by atoms with Gasteiger partial charge in [0.1, 0.15) is 0 Å². The molecule has 2 aromatic carbocycles. The summed E-state index contributed by atoms with van der Waals surface area (Å²) in [6.45, 7) is 5.52. The second-order valence-electron chi connectivity index (χ2n) is 6.29. The van der Waals surface area contributed by atoms with E-state index in [1.54, 1.807) is 30.0 Å². The van der Waals surface area contributed by atoms with Gasteiger partial charge in [-0.05, 0) is 50.1 Å². The molecular weight excluding hydrogens is 378 g/mol. The number of ether oxygens (including phenoxy) is 2. The smallest absolute Gasteiger partial charge is 0.413 e. The number of imide groups is 1. The van der Waals surface area contributed by atoms with Crippen LogP contribution < -0.4 is 5.32 Å². The Labute approximate surface area is 168 Å². The number of rotatable bonds is 6. The van der Waals surface area contributed by atoms with Crippen LogP contribution in [0.2, 0.25) is 0 Å². The number of aryl methyl sites for hydroxylation is 2. The maximum absolute atomic E-state index is 12.3. The van der Waals surface area contributed by atoms with Crippen LogP contribution in [0.4, 0.5) is 4.79 Å². The van der Waals surface area contributed by atoms with Crippen molar-refractivity contribution in [1.29, 1.82) is 0 Å². The summed E-state index contributed by atoms with van der Waals surface area (Å²) in [6.07, 6.45) is -2.03. The van der Waals surface area contributed by atoms with Crippen molar-refractivity contribution in [3.63, 3.8) is 0 Å². The van der Waals surface area contributed by atoms with E-state index in [9.17, 15) is 14.4 Å². The summed E-state index contributed by atoms with van der Waals surface area (Å²) in [5.41, 5.74) is 3.74. The van der Waals surface area contributed by atoms with E-state index in [1.807, 2.05) is 11.4 Å². The zero-order valence-electron chi connectivity index (χ0n) is 16.3. The summed E-state index contributed by atoms with van der Waals surface area (Å²) < 4.78 is 9.47. The average molecular weight is 401 g/mol. The molecule has 0 saturated carbocycles. The number of amides is 2. The summed E-state index contributed by atoms with van der Waals surface area (Å²) in [4.78, 5) is 36.3. The molecule has 6 nitrogen and oxygen atoms in total. The Bertz CT molecular complexity index is 881. The Morgan fingerprint density at radius 1 is 1.11 bits per heavy atom. The van der Waals surface area contributed by atoms with Gasteiger partial charge in [0.2, 0.25) is 0 Å². The summed E-state index contributed by atoms with van der Waals surface area (Å²) >= 11 is 1.69. The van der Waals surface area contributed by atoms with E-state index in [1.165, 1.54) is 22.9 Å². The molecule has 2 rings (SSSR count). The maximum Gasteiger partial charge on any atom is 0.413 e. The van der Waals surface area contributed by atoms with E-state index in [0.29, 0.717) is 11.3 Å². The lowest BCUT2D eigenvalue weighted by atomic mass is 10.1. The van der Waals surface area contributed by atoms with Gasteiger partial charge < -0.3 is 9.47 Å². The van der Waals surface area contributed by atoms with Crippen molar-refractivity contribution < 1.29 is 23.9 Å². The molecule has 0 radical (unpaired) electrons. The fourth-order valence-corrected chi connectivity index (χ4v) is 3.40. The van der Waals surface area contributed by atoms with E-state index >= 15 is 0 Å². The van der Waals surface area contributed by atoms with Gasteiger partial charge in [0.15, 0.2) is 6.10 Å². The maximum atomic E-state index is 12.3. The van der Waals surface area contributed by atoms with E-state index in [4.69, 9.17) is 4.74 Å². The molecule has 0 spiro atoms. The quantitative estimate of drug-likeness (QED) is 0.581. The zero-order chi connectivity index (χ0) is 20.7. The number of esters is 1. The van der Waals surface area contributed by atoms with Crippen LogP contribution >= 0.6 is 11.8 Å². The molecule has 1 N–H and O–H groups in total. The Balaban J connectivity index is 1.98. The first-order chi connectivity index (χ1) is 13.3. The van der Waals surface area contributed by atoms with Crippen molar-refractivity contribution in [3.05, 3.63) is 64.7 Å². The molecule has 2 amide bonds. The number of benzene rings is 2. The molecule has 0 aromatic heterocycles. The van der Waals surface area contributed by atoms with Crippen LogP contribution in [0.3, 0.4) is 0 Å². The number of carbonyl (C=O) groups excluding carboxylic acids is 3. The lowest BCUT2D eigenvalue weighted by Crippen LogP contribution is -2.39. The number of alkyl carbamates (subject to hydrolysis) is 1. The minimum Gasteiger partial charge on any atom is -0.453 e. The van der Waals surface area contributed by atoms with Crippen molar-refractivity contribution >= 4 is 29.7 Å². The number of nitrogens with one attached hydrogen (secondary N) is 1. The molecule has 148 valence electrons. The number of thioether (sulfide) groups is 1. The molecule has 0 aliphatic rings. The van der Waals surface area contributed by atoms with Gasteiger partial charge in [-0.15, -0.1) is 11.8 Å². The first kappa shape index (κ1) is 21.5. The highest BCUT2D eigenvalue weighted by atomic mass is 32.2. The summed E-state index contributed by atoms with van der Waals surface area (Å²) in [5.74, 6) is -0.684. The highest BCUT2D eigenvalue weighted by molar-refractivity contribution is 7.98. The van der Waals surface area contributed by atoms with Crippen molar-refractivity contribution in [3.8, 4) is 0 Å². The number of hydrogen-bond donors (Lipinski definition) is 1. The summed E-state index contributed by atoms with van der Waals surface area (Å²) in [5, 5.41) is 1.96. The van der Waals surface area contributed by atoms with Gasteiger partial charge in [0, 0.05) is 10.6 Å². The Hall–Kier alpha value is -2.80. The molecular formula is C21H23NO5S. The fraction of sp³-hybridized carbons (Fsp3) is 0.286. The minimum absolute atomic E-state index is 0.344. The van der Waals surface area contributed by atoms with Gasteiger partial charge in [-0.3, -0.25) is 10.1 Å². The topological polar surface area (TPSA) is 81.7 Å². The second kappa shape index (κ2) is 9.94. The van der Waals surface area contributed by atoms with Crippen LogP contribution in [-0.4, -0.2) is 31.2 Å². The molecule has 2 aromatic rings. The third kappa shape index (κ3) is 6.13. The van der Waals surface area contributed by atoms with Gasteiger partial charge in [-0.2, -0.15) is 0 Å². The molecule has 0 unspecified atom stereocenters. The van der Waals surface area contributed by atoms with E-state index in [0.717, 1.165) is 12.7 Å². The van der Waals surface area contributed by atoms with Crippen LogP contribution in [0.15, 0.2) is 47.4 Å². The lowest BCUT2D eigenvalue weighted by Gasteiger charge is -2.13.